The van der Waals surface area contributed by atoms with Gasteiger partial charge in [-0.15, -0.1) is 0 Å². The second-order valence-corrected chi connectivity index (χ2v) is 17.1. The van der Waals surface area contributed by atoms with E-state index in [1.165, 1.54) is 70.6 Å². The van der Waals surface area contributed by atoms with Gasteiger partial charge in [-0.2, -0.15) is 0 Å². The van der Waals surface area contributed by atoms with Crippen molar-refractivity contribution >= 4 is 17.9 Å². The van der Waals surface area contributed by atoms with E-state index in [0.29, 0.717) is 19.3 Å². The molecular formula is C58H96O6. The lowest BCUT2D eigenvalue weighted by molar-refractivity contribution is -0.167. The number of allylic oxidation sites excluding steroid dienone is 16. The third-order valence-electron chi connectivity index (χ3n) is 10.9. The number of ether oxygens (including phenoxy) is 3. The highest BCUT2D eigenvalue weighted by molar-refractivity contribution is 5.71. The van der Waals surface area contributed by atoms with Crippen molar-refractivity contribution in [3.63, 3.8) is 0 Å². The van der Waals surface area contributed by atoms with Crippen molar-refractivity contribution in [2.24, 2.45) is 0 Å². The van der Waals surface area contributed by atoms with Gasteiger partial charge in [0.25, 0.3) is 0 Å². The largest absolute Gasteiger partial charge is 0.462 e. The molecule has 0 bridgehead atoms. The van der Waals surface area contributed by atoms with E-state index in [1.807, 2.05) is 0 Å². The number of unbranched alkanes of at least 4 members (excludes halogenated alkanes) is 19. The summed E-state index contributed by atoms with van der Waals surface area (Å²) >= 11 is 0. The molecule has 0 aromatic carbocycles. The molecule has 0 aliphatic carbocycles. The number of hydrogen-bond acceptors (Lipinski definition) is 6. The van der Waals surface area contributed by atoms with Gasteiger partial charge in [-0.1, -0.05) is 227 Å². The number of hydrogen-bond donors (Lipinski definition) is 0. The lowest BCUT2D eigenvalue weighted by atomic mass is 10.1. The van der Waals surface area contributed by atoms with E-state index in [0.717, 1.165) is 122 Å². The van der Waals surface area contributed by atoms with Gasteiger partial charge in [0.2, 0.25) is 0 Å². The summed E-state index contributed by atoms with van der Waals surface area (Å²) in [6.45, 7) is 6.41. The van der Waals surface area contributed by atoms with E-state index >= 15 is 0 Å². The Bertz CT molecular complexity index is 1300. The Morgan fingerprint density at radius 3 is 0.953 bits per heavy atom. The highest BCUT2D eigenvalue weighted by Gasteiger charge is 2.19. The fourth-order valence-electron chi connectivity index (χ4n) is 6.93. The Morgan fingerprint density at radius 2 is 0.609 bits per heavy atom. The fourth-order valence-corrected chi connectivity index (χ4v) is 6.93. The van der Waals surface area contributed by atoms with Gasteiger partial charge in [0.15, 0.2) is 6.10 Å². The molecule has 364 valence electrons. The van der Waals surface area contributed by atoms with Crippen LogP contribution in [0.4, 0.5) is 0 Å². The topological polar surface area (TPSA) is 78.9 Å². The number of carbonyl (C=O) groups is 3. The van der Waals surface area contributed by atoms with Crippen molar-refractivity contribution in [2.75, 3.05) is 13.2 Å². The first-order valence-electron chi connectivity index (χ1n) is 26.2. The van der Waals surface area contributed by atoms with Crippen LogP contribution in [0.15, 0.2) is 97.2 Å². The molecule has 0 aromatic heterocycles. The summed E-state index contributed by atoms with van der Waals surface area (Å²) in [4.78, 5) is 37.6. The van der Waals surface area contributed by atoms with Gasteiger partial charge >= 0.3 is 17.9 Å². The predicted molar refractivity (Wildman–Crippen MR) is 274 cm³/mol. The summed E-state index contributed by atoms with van der Waals surface area (Å²) in [5.41, 5.74) is 0. The molecule has 6 heteroatoms. The van der Waals surface area contributed by atoms with E-state index in [9.17, 15) is 14.4 Å². The Hall–Kier alpha value is -3.67. The van der Waals surface area contributed by atoms with Gasteiger partial charge < -0.3 is 14.2 Å². The quantitative estimate of drug-likeness (QED) is 0.0262. The van der Waals surface area contributed by atoms with Crippen LogP contribution in [-0.2, 0) is 28.6 Å². The van der Waals surface area contributed by atoms with E-state index in [4.69, 9.17) is 14.2 Å². The molecule has 0 aliphatic rings. The first kappa shape index (κ1) is 60.3. The van der Waals surface area contributed by atoms with Gasteiger partial charge in [0, 0.05) is 19.3 Å². The lowest BCUT2D eigenvalue weighted by Crippen LogP contribution is -2.30. The smallest absolute Gasteiger partial charge is 0.306 e. The molecule has 0 aliphatic heterocycles. The molecule has 0 amide bonds. The summed E-state index contributed by atoms with van der Waals surface area (Å²) in [6, 6.07) is 0. The second kappa shape index (κ2) is 52.0. The summed E-state index contributed by atoms with van der Waals surface area (Å²) < 4.78 is 16.6. The summed E-state index contributed by atoms with van der Waals surface area (Å²) in [5, 5.41) is 0. The van der Waals surface area contributed by atoms with Crippen molar-refractivity contribution in [3.05, 3.63) is 97.2 Å². The van der Waals surface area contributed by atoms with Crippen LogP contribution in [0.3, 0.4) is 0 Å². The Balaban J connectivity index is 4.09. The van der Waals surface area contributed by atoms with Crippen molar-refractivity contribution in [1.82, 2.24) is 0 Å². The first-order valence-corrected chi connectivity index (χ1v) is 26.2. The van der Waals surface area contributed by atoms with Gasteiger partial charge in [0.05, 0.1) is 0 Å². The lowest BCUT2D eigenvalue weighted by Gasteiger charge is -2.18. The summed E-state index contributed by atoms with van der Waals surface area (Å²) in [7, 11) is 0. The molecule has 0 N–H and O–H groups in total. The molecule has 1 unspecified atom stereocenters. The minimum Gasteiger partial charge on any atom is -0.462 e. The molecular weight excluding hydrogens is 793 g/mol. The minimum atomic E-state index is -0.776. The molecule has 0 saturated heterocycles. The number of esters is 3. The maximum absolute atomic E-state index is 12.6. The molecule has 0 saturated carbocycles. The highest BCUT2D eigenvalue weighted by Crippen LogP contribution is 2.14. The number of rotatable bonds is 46. The standard InChI is InChI=1S/C58H96O6/c1-4-7-10-13-16-18-19-20-21-22-23-24-25-26-27-28-29-30-31-32-33-34-35-36-37-38-39-41-42-45-48-51-57(60)63-54-55(53-62-56(59)50-47-44-15-12-9-6-3)64-58(61)52-49-46-43-40-17-14-11-8-5-2/h7,10,16,18,20-21,23-24,26-27,29-30,32-33,35-36,55H,4-6,8-9,11-15,17,19,22,25,28,31,34,37-54H2,1-3H3/b10-7-,18-16-,21-20-,24-23-,27-26-,30-29-,33-32-,36-35-. The van der Waals surface area contributed by atoms with Crippen molar-refractivity contribution in [1.29, 1.82) is 0 Å². The summed E-state index contributed by atoms with van der Waals surface area (Å²) in [6.07, 6.45) is 68.6. The van der Waals surface area contributed by atoms with Crippen molar-refractivity contribution < 1.29 is 28.6 Å². The molecule has 0 heterocycles. The third kappa shape index (κ3) is 49.3. The van der Waals surface area contributed by atoms with E-state index in [2.05, 4.69) is 118 Å². The Labute approximate surface area is 394 Å². The molecule has 0 aromatic rings. The van der Waals surface area contributed by atoms with Crippen molar-refractivity contribution in [2.45, 2.75) is 239 Å². The van der Waals surface area contributed by atoms with E-state index in [1.54, 1.807) is 0 Å². The zero-order valence-electron chi connectivity index (χ0n) is 41.5. The van der Waals surface area contributed by atoms with Gasteiger partial charge in [-0.05, 0) is 83.5 Å². The van der Waals surface area contributed by atoms with E-state index < -0.39 is 6.10 Å². The first-order chi connectivity index (χ1) is 31.5. The molecule has 0 radical (unpaired) electrons. The average molecular weight is 889 g/mol. The molecule has 1 atom stereocenters. The van der Waals surface area contributed by atoms with Crippen LogP contribution in [0.5, 0.6) is 0 Å². The molecule has 6 nitrogen and oxygen atoms in total. The monoisotopic (exact) mass is 889 g/mol. The molecule has 64 heavy (non-hydrogen) atoms. The van der Waals surface area contributed by atoms with Gasteiger partial charge in [-0.25, -0.2) is 0 Å². The zero-order chi connectivity index (χ0) is 46.5. The zero-order valence-corrected chi connectivity index (χ0v) is 41.5. The van der Waals surface area contributed by atoms with Crippen LogP contribution in [0.2, 0.25) is 0 Å². The number of carbonyl (C=O) groups excluding carboxylic acids is 3. The maximum atomic E-state index is 12.6. The molecule has 0 fully saturated rings. The fraction of sp³-hybridized carbons (Fsp3) is 0.672. The van der Waals surface area contributed by atoms with E-state index in [-0.39, 0.29) is 31.1 Å². The van der Waals surface area contributed by atoms with Crippen LogP contribution < -0.4 is 0 Å². The van der Waals surface area contributed by atoms with Crippen LogP contribution >= 0.6 is 0 Å². The normalized spacial score (nSPS) is 12.9. The van der Waals surface area contributed by atoms with Crippen molar-refractivity contribution in [3.8, 4) is 0 Å². The third-order valence-corrected chi connectivity index (χ3v) is 10.9. The van der Waals surface area contributed by atoms with Crippen LogP contribution in [-0.4, -0.2) is 37.2 Å². The highest BCUT2D eigenvalue weighted by atomic mass is 16.6. The molecule has 0 spiro atoms. The second-order valence-electron chi connectivity index (χ2n) is 17.1. The SMILES string of the molecule is CC/C=C\C/C=C\C/C=C\C/C=C\C/C=C\C/C=C\C/C=C\C/C=C\CCCCCCCCC(=O)OCC(COC(=O)CCCCCCCC)OC(=O)CCCCCCCCCCC. The predicted octanol–water partition coefficient (Wildman–Crippen LogP) is 17.4. The van der Waals surface area contributed by atoms with Gasteiger partial charge in [0.1, 0.15) is 13.2 Å². The Morgan fingerprint density at radius 1 is 0.328 bits per heavy atom. The van der Waals surface area contributed by atoms with Gasteiger partial charge in [-0.3, -0.25) is 14.4 Å². The Kier molecular flexibility index (Phi) is 49.0. The average Bonchev–Trinajstić information content (AvgIpc) is 3.29. The maximum Gasteiger partial charge on any atom is 0.306 e. The molecule has 0 rings (SSSR count). The van der Waals surface area contributed by atoms with Crippen LogP contribution in [0, 0.1) is 0 Å². The minimum absolute atomic E-state index is 0.0809. The van der Waals surface area contributed by atoms with Crippen LogP contribution in [0.1, 0.15) is 233 Å². The summed E-state index contributed by atoms with van der Waals surface area (Å²) in [5.74, 6) is -0.913. The van der Waals surface area contributed by atoms with Crippen LogP contribution in [0.25, 0.3) is 0 Å².